The van der Waals surface area contributed by atoms with Crippen molar-refractivity contribution < 1.29 is 19.0 Å². The van der Waals surface area contributed by atoms with E-state index >= 15 is 0 Å². The van der Waals surface area contributed by atoms with Crippen LogP contribution in [0, 0.1) is 5.82 Å². The number of carbonyl (C=O) groups is 1. The molecule has 4 aromatic rings. The van der Waals surface area contributed by atoms with Crippen LogP contribution in [-0.2, 0) is 0 Å². The van der Waals surface area contributed by atoms with E-state index in [1.165, 1.54) is 44.0 Å². The van der Waals surface area contributed by atoms with Gasteiger partial charge in [-0.1, -0.05) is 11.6 Å². The number of nitrogens with zero attached hydrogens (tertiary/aromatic N) is 4. The van der Waals surface area contributed by atoms with Gasteiger partial charge in [0, 0.05) is 17.0 Å². The van der Waals surface area contributed by atoms with Gasteiger partial charge in [0.25, 0.3) is 5.91 Å². The van der Waals surface area contributed by atoms with Crippen LogP contribution in [0.5, 0.6) is 11.5 Å². The van der Waals surface area contributed by atoms with Crippen LogP contribution in [-0.4, -0.2) is 38.1 Å². The monoisotopic (exact) mass is 440 g/mol. The Kier molecular flexibility index (Phi) is 5.46. The van der Waals surface area contributed by atoms with Crippen molar-refractivity contribution in [2.75, 3.05) is 17.7 Å². The lowest BCUT2D eigenvalue weighted by Gasteiger charge is -2.10. The lowest BCUT2D eigenvalue weighted by atomic mass is 10.2. The average molecular weight is 441 g/mol. The zero-order valence-electron chi connectivity index (χ0n) is 15.9. The lowest BCUT2D eigenvalue weighted by molar-refractivity contribution is 0.102. The third kappa shape index (κ3) is 4.28. The number of nitrogens with one attached hydrogen (secondary N) is 2. The van der Waals surface area contributed by atoms with E-state index in [9.17, 15) is 14.3 Å². The van der Waals surface area contributed by atoms with E-state index < -0.39 is 11.7 Å². The second kappa shape index (κ2) is 8.36. The van der Waals surface area contributed by atoms with Crippen LogP contribution in [0.3, 0.4) is 0 Å². The summed E-state index contributed by atoms with van der Waals surface area (Å²) >= 11 is 5.70. The van der Waals surface area contributed by atoms with Crippen LogP contribution in [0.2, 0.25) is 5.02 Å². The van der Waals surface area contributed by atoms with Gasteiger partial charge in [0.05, 0.1) is 35.7 Å². The van der Waals surface area contributed by atoms with E-state index in [0.29, 0.717) is 22.4 Å². The molecule has 156 valence electrons. The maximum atomic E-state index is 13.2. The molecule has 31 heavy (non-hydrogen) atoms. The number of ether oxygens (including phenoxy) is 1. The van der Waals surface area contributed by atoms with Gasteiger partial charge in [-0.3, -0.25) is 10.1 Å². The van der Waals surface area contributed by atoms with Crippen LogP contribution < -0.4 is 15.4 Å². The smallest absolute Gasteiger partial charge is 0.258 e. The summed E-state index contributed by atoms with van der Waals surface area (Å²) in [7, 11) is 1.44. The molecule has 2 heterocycles. The molecule has 3 N–H and O–H groups in total. The van der Waals surface area contributed by atoms with Crippen LogP contribution in [0.25, 0.3) is 10.9 Å². The predicted octanol–water partition coefficient (Wildman–Crippen LogP) is 3.92. The molecule has 0 atom stereocenters. The summed E-state index contributed by atoms with van der Waals surface area (Å²) in [4.78, 5) is 28.8. The summed E-state index contributed by atoms with van der Waals surface area (Å²) < 4.78 is 18.4. The molecule has 2 aromatic carbocycles. The van der Waals surface area contributed by atoms with Crippen molar-refractivity contribution >= 4 is 45.9 Å². The molecule has 4 rings (SSSR count). The van der Waals surface area contributed by atoms with Gasteiger partial charge >= 0.3 is 0 Å². The second-order valence-electron chi connectivity index (χ2n) is 6.27. The van der Waals surface area contributed by atoms with E-state index in [-0.39, 0.29) is 28.0 Å². The first-order chi connectivity index (χ1) is 14.9. The second-order valence-corrected chi connectivity index (χ2v) is 6.67. The Morgan fingerprint density at radius 1 is 1.13 bits per heavy atom. The average Bonchev–Trinajstić information content (AvgIpc) is 2.76. The van der Waals surface area contributed by atoms with Gasteiger partial charge in [-0.05, 0) is 24.3 Å². The van der Waals surface area contributed by atoms with Gasteiger partial charge < -0.3 is 15.2 Å². The molecular weight excluding hydrogens is 427 g/mol. The van der Waals surface area contributed by atoms with Gasteiger partial charge in [-0.15, -0.1) is 0 Å². The first kappa shape index (κ1) is 20.2. The zero-order valence-corrected chi connectivity index (χ0v) is 16.7. The highest BCUT2D eigenvalue weighted by atomic mass is 35.5. The Labute approximate surface area is 179 Å². The van der Waals surface area contributed by atoms with E-state index in [2.05, 4.69) is 30.6 Å². The molecular formula is C20H14ClFN6O3. The van der Waals surface area contributed by atoms with E-state index in [0.717, 1.165) is 6.07 Å². The Balaban J connectivity index is 1.52. The lowest BCUT2D eigenvalue weighted by Crippen LogP contribution is -2.14. The van der Waals surface area contributed by atoms with Crippen LogP contribution in [0.1, 0.15) is 10.4 Å². The van der Waals surface area contributed by atoms with Crippen molar-refractivity contribution in [1.82, 2.24) is 19.9 Å². The molecule has 1 amide bonds. The third-order valence-corrected chi connectivity index (χ3v) is 4.55. The van der Waals surface area contributed by atoms with E-state index in [1.54, 1.807) is 6.07 Å². The molecule has 11 heteroatoms. The number of anilines is 3. The maximum absolute atomic E-state index is 13.2. The van der Waals surface area contributed by atoms with Gasteiger partial charge in [0.15, 0.2) is 11.5 Å². The van der Waals surface area contributed by atoms with Crippen LogP contribution >= 0.6 is 11.6 Å². The number of aromatic hydroxyl groups is 1. The minimum absolute atomic E-state index is 0.0366. The number of rotatable bonds is 5. The number of amides is 1. The highest BCUT2D eigenvalue weighted by Crippen LogP contribution is 2.33. The number of phenolic OH excluding ortho intramolecular Hbond substituents is 1. The molecule has 0 bridgehead atoms. The number of methoxy groups -OCH3 is 1. The highest BCUT2D eigenvalue weighted by Gasteiger charge is 2.12. The van der Waals surface area contributed by atoms with Crippen molar-refractivity contribution in [3.63, 3.8) is 0 Å². The van der Waals surface area contributed by atoms with Crippen molar-refractivity contribution in [1.29, 1.82) is 0 Å². The molecule has 0 radical (unpaired) electrons. The number of hydrogen-bond acceptors (Lipinski definition) is 8. The number of aromatic nitrogens is 4. The molecule has 0 aliphatic heterocycles. The fraction of sp³-hybridized carbons (Fsp3) is 0.0500. The van der Waals surface area contributed by atoms with E-state index in [4.69, 9.17) is 16.3 Å². The summed E-state index contributed by atoms with van der Waals surface area (Å²) in [5.41, 5.74) is 1.18. The predicted molar refractivity (Wildman–Crippen MR) is 112 cm³/mol. The molecule has 0 saturated heterocycles. The first-order valence-electron chi connectivity index (χ1n) is 8.82. The standard InChI is InChI=1S/C20H14ClFN6O3/c1-31-17-5-12-15(6-16(17)29)25-9-26-18(12)27-11-7-23-20(24-8-11)28-19(30)10-2-3-14(22)13(21)4-10/h2-9,29H,1H3,(H,25,26,27)(H,23,24,28,30). The number of fused-ring (bicyclic) bond motifs is 1. The summed E-state index contributed by atoms with van der Waals surface area (Å²) in [6.07, 6.45) is 4.25. The van der Waals surface area contributed by atoms with Crippen molar-refractivity contribution in [3.8, 4) is 11.5 Å². The number of carbonyl (C=O) groups excluding carboxylic acids is 1. The fourth-order valence-electron chi connectivity index (χ4n) is 2.74. The largest absolute Gasteiger partial charge is 0.504 e. The topological polar surface area (TPSA) is 122 Å². The van der Waals surface area contributed by atoms with Crippen molar-refractivity contribution in [2.45, 2.75) is 0 Å². The molecule has 0 fully saturated rings. The summed E-state index contributed by atoms with van der Waals surface area (Å²) in [6.45, 7) is 0. The number of phenols is 1. The Morgan fingerprint density at radius 3 is 2.61 bits per heavy atom. The third-order valence-electron chi connectivity index (χ3n) is 4.26. The molecule has 0 unspecified atom stereocenters. The summed E-state index contributed by atoms with van der Waals surface area (Å²) in [6, 6.07) is 6.70. The highest BCUT2D eigenvalue weighted by molar-refractivity contribution is 6.31. The molecule has 0 spiro atoms. The van der Waals surface area contributed by atoms with Crippen LogP contribution in [0.4, 0.5) is 21.8 Å². The van der Waals surface area contributed by atoms with Crippen molar-refractivity contribution in [3.05, 3.63) is 65.5 Å². The summed E-state index contributed by atoms with van der Waals surface area (Å²) in [5.74, 6) is -0.405. The number of halogens is 2. The number of benzene rings is 2. The Bertz CT molecular complexity index is 1290. The summed E-state index contributed by atoms with van der Waals surface area (Å²) in [5, 5.41) is 15.9. The Morgan fingerprint density at radius 2 is 1.90 bits per heavy atom. The van der Waals surface area contributed by atoms with Gasteiger partial charge in [-0.25, -0.2) is 24.3 Å². The molecule has 0 saturated carbocycles. The van der Waals surface area contributed by atoms with E-state index in [1.807, 2.05) is 0 Å². The maximum Gasteiger partial charge on any atom is 0.258 e. The Hall–Kier alpha value is -4.05. The quantitative estimate of drug-likeness (QED) is 0.426. The molecule has 9 nitrogen and oxygen atoms in total. The van der Waals surface area contributed by atoms with Crippen LogP contribution in [0.15, 0.2) is 49.1 Å². The molecule has 2 aromatic heterocycles. The molecule has 0 aliphatic rings. The van der Waals surface area contributed by atoms with Gasteiger partial charge in [0.1, 0.15) is 18.0 Å². The molecule has 0 aliphatic carbocycles. The minimum Gasteiger partial charge on any atom is -0.504 e. The van der Waals surface area contributed by atoms with Gasteiger partial charge in [-0.2, -0.15) is 0 Å². The normalized spacial score (nSPS) is 10.7. The van der Waals surface area contributed by atoms with Crippen molar-refractivity contribution in [2.24, 2.45) is 0 Å². The SMILES string of the molecule is COc1cc2c(Nc3cnc(NC(=O)c4ccc(F)c(Cl)c4)nc3)ncnc2cc1O. The zero-order chi connectivity index (χ0) is 22.0. The first-order valence-corrected chi connectivity index (χ1v) is 9.19. The fourth-order valence-corrected chi connectivity index (χ4v) is 2.92. The minimum atomic E-state index is -0.616. The van der Waals surface area contributed by atoms with Gasteiger partial charge in [0.2, 0.25) is 5.95 Å². The number of hydrogen-bond donors (Lipinski definition) is 3.